The SMILES string of the molecule is COc1ccccc1OCC(=O)Nc1cc(C)nn1-c1ncnc2c1cnn2-c1ccc(C)cc1C. The number of aromatic nitrogens is 6. The maximum Gasteiger partial charge on any atom is 0.263 e. The Hall–Kier alpha value is -4.73. The minimum absolute atomic E-state index is 0.200. The summed E-state index contributed by atoms with van der Waals surface area (Å²) in [7, 11) is 1.55. The molecule has 5 rings (SSSR count). The number of para-hydroxylation sites is 2. The number of ether oxygens (including phenoxy) is 2. The van der Waals surface area contributed by atoms with Crippen molar-refractivity contribution in [3.63, 3.8) is 0 Å². The summed E-state index contributed by atoms with van der Waals surface area (Å²) >= 11 is 0. The van der Waals surface area contributed by atoms with Crippen molar-refractivity contribution in [2.24, 2.45) is 0 Å². The fourth-order valence-electron chi connectivity index (χ4n) is 4.03. The van der Waals surface area contributed by atoms with Crippen molar-refractivity contribution in [2.45, 2.75) is 20.8 Å². The molecule has 0 saturated carbocycles. The van der Waals surface area contributed by atoms with Crippen LogP contribution >= 0.6 is 0 Å². The first-order valence-electron chi connectivity index (χ1n) is 11.3. The molecule has 0 spiro atoms. The lowest BCUT2D eigenvalue weighted by Gasteiger charge is -2.12. The van der Waals surface area contributed by atoms with Gasteiger partial charge in [0.25, 0.3) is 5.91 Å². The summed E-state index contributed by atoms with van der Waals surface area (Å²) in [5.74, 6) is 1.65. The number of aryl methyl sites for hydroxylation is 3. The number of nitrogens with one attached hydrogen (secondary N) is 1. The minimum atomic E-state index is -0.349. The molecule has 1 N–H and O–H groups in total. The summed E-state index contributed by atoms with van der Waals surface area (Å²) in [6.07, 6.45) is 3.17. The van der Waals surface area contributed by atoms with Crippen LogP contribution in [0.15, 0.2) is 61.1 Å². The summed E-state index contributed by atoms with van der Waals surface area (Å²) in [4.78, 5) is 21.7. The van der Waals surface area contributed by atoms with Gasteiger partial charge in [0.2, 0.25) is 0 Å². The molecule has 0 fully saturated rings. The van der Waals surface area contributed by atoms with Crippen LogP contribution in [-0.4, -0.2) is 49.2 Å². The number of fused-ring (bicyclic) bond motifs is 1. The molecule has 3 aromatic heterocycles. The number of amides is 1. The zero-order valence-electron chi connectivity index (χ0n) is 20.4. The number of carbonyl (C=O) groups excluding carboxylic acids is 1. The Labute approximate surface area is 207 Å². The van der Waals surface area contributed by atoms with E-state index in [1.165, 1.54) is 11.9 Å². The Bertz CT molecular complexity index is 1570. The number of carbonyl (C=O) groups is 1. The van der Waals surface area contributed by atoms with E-state index in [4.69, 9.17) is 9.47 Å². The minimum Gasteiger partial charge on any atom is -0.493 e. The lowest BCUT2D eigenvalue weighted by molar-refractivity contribution is -0.118. The second-order valence-electron chi connectivity index (χ2n) is 8.35. The molecule has 0 radical (unpaired) electrons. The van der Waals surface area contributed by atoms with Gasteiger partial charge in [-0.05, 0) is 44.5 Å². The lowest BCUT2D eigenvalue weighted by Crippen LogP contribution is -2.22. The van der Waals surface area contributed by atoms with Crippen LogP contribution in [0.4, 0.5) is 5.82 Å². The normalized spacial score (nSPS) is 11.0. The van der Waals surface area contributed by atoms with Crippen LogP contribution in [0.5, 0.6) is 11.5 Å². The largest absolute Gasteiger partial charge is 0.493 e. The number of anilines is 1. The first kappa shape index (κ1) is 23.0. The molecule has 10 heteroatoms. The zero-order valence-corrected chi connectivity index (χ0v) is 20.4. The summed E-state index contributed by atoms with van der Waals surface area (Å²) in [6, 6.07) is 15.1. The molecule has 36 heavy (non-hydrogen) atoms. The third-order valence-electron chi connectivity index (χ3n) is 5.65. The van der Waals surface area contributed by atoms with Gasteiger partial charge >= 0.3 is 0 Å². The highest BCUT2D eigenvalue weighted by molar-refractivity contribution is 5.92. The highest BCUT2D eigenvalue weighted by Crippen LogP contribution is 2.27. The molecule has 0 bridgehead atoms. The first-order valence-corrected chi connectivity index (χ1v) is 11.3. The maximum absolute atomic E-state index is 12.7. The van der Waals surface area contributed by atoms with E-state index in [1.54, 1.807) is 40.9 Å². The van der Waals surface area contributed by atoms with Gasteiger partial charge in [0.1, 0.15) is 12.1 Å². The van der Waals surface area contributed by atoms with Gasteiger partial charge in [-0.25, -0.2) is 14.6 Å². The van der Waals surface area contributed by atoms with Gasteiger partial charge in [0.05, 0.1) is 30.1 Å². The fourth-order valence-corrected chi connectivity index (χ4v) is 4.03. The van der Waals surface area contributed by atoms with Crippen LogP contribution in [0.25, 0.3) is 22.5 Å². The topological polar surface area (TPSA) is 109 Å². The number of hydrogen-bond donors (Lipinski definition) is 1. The second kappa shape index (κ2) is 9.49. The standard InChI is InChI=1S/C26H25N7O3/c1-16-9-10-20(17(2)11-16)32-25-19(13-29-32)26(28-15-27-25)33-23(12-18(3)31-33)30-24(34)14-36-22-8-6-5-7-21(22)35-4/h5-13,15H,14H2,1-4H3,(H,30,34). The molecule has 3 heterocycles. The average molecular weight is 484 g/mol. The number of benzene rings is 2. The molecule has 5 aromatic rings. The molecule has 2 aromatic carbocycles. The Morgan fingerprint density at radius 2 is 1.81 bits per heavy atom. The molecule has 10 nitrogen and oxygen atoms in total. The summed E-state index contributed by atoms with van der Waals surface area (Å²) < 4.78 is 14.3. The Kier molecular flexibility index (Phi) is 6.07. The lowest BCUT2D eigenvalue weighted by atomic mass is 10.1. The van der Waals surface area contributed by atoms with Crippen molar-refractivity contribution in [3.8, 4) is 23.0 Å². The average Bonchev–Trinajstić information content (AvgIpc) is 3.46. The second-order valence-corrected chi connectivity index (χ2v) is 8.35. The van der Waals surface area contributed by atoms with Crippen molar-refractivity contribution in [2.75, 3.05) is 19.0 Å². The molecule has 0 aliphatic rings. The van der Waals surface area contributed by atoms with Crippen LogP contribution in [0, 0.1) is 20.8 Å². The molecule has 182 valence electrons. The summed E-state index contributed by atoms with van der Waals surface area (Å²) in [5.41, 5.74) is 4.53. The predicted molar refractivity (Wildman–Crippen MR) is 135 cm³/mol. The van der Waals surface area contributed by atoms with Gasteiger partial charge in [-0.3, -0.25) is 4.79 Å². The monoisotopic (exact) mass is 483 g/mol. The van der Waals surface area contributed by atoms with E-state index >= 15 is 0 Å². The molecule has 0 unspecified atom stereocenters. The van der Waals surface area contributed by atoms with Crippen molar-refractivity contribution in [1.82, 2.24) is 29.5 Å². The zero-order chi connectivity index (χ0) is 25.2. The predicted octanol–water partition coefficient (Wildman–Crippen LogP) is 3.95. The van der Waals surface area contributed by atoms with E-state index in [-0.39, 0.29) is 12.5 Å². The van der Waals surface area contributed by atoms with E-state index in [9.17, 15) is 4.79 Å². The summed E-state index contributed by atoms with van der Waals surface area (Å²) in [5, 5.41) is 12.7. The Morgan fingerprint density at radius 1 is 1.00 bits per heavy atom. The molecular weight excluding hydrogens is 458 g/mol. The number of rotatable bonds is 7. The smallest absolute Gasteiger partial charge is 0.263 e. The van der Waals surface area contributed by atoms with Crippen LogP contribution in [0.1, 0.15) is 16.8 Å². The third-order valence-corrected chi connectivity index (χ3v) is 5.65. The quantitative estimate of drug-likeness (QED) is 0.373. The number of methoxy groups -OCH3 is 1. The van der Waals surface area contributed by atoms with Crippen LogP contribution in [-0.2, 0) is 4.79 Å². The van der Waals surface area contributed by atoms with Gasteiger partial charge in [0, 0.05) is 6.07 Å². The fraction of sp³-hybridized carbons (Fsp3) is 0.192. The molecule has 0 atom stereocenters. The van der Waals surface area contributed by atoms with E-state index in [0.29, 0.717) is 39.9 Å². The van der Waals surface area contributed by atoms with Gasteiger partial charge in [0.15, 0.2) is 29.6 Å². The highest BCUT2D eigenvalue weighted by atomic mass is 16.5. The van der Waals surface area contributed by atoms with Crippen LogP contribution < -0.4 is 14.8 Å². The molecule has 1 amide bonds. The van der Waals surface area contributed by atoms with E-state index in [2.05, 4.69) is 38.5 Å². The van der Waals surface area contributed by atoms with E-state index in [1.807, 2.05) is 38.1 Å². The Balaban J connectivity index is 1.44. The van der Waals surface area contributed by atoms with Gasteiger partial charge in [-0.1, -0.05) is 29.8 Å². The maximum atomic E-state index is 12.7. The molecule has 0 aliphatic heterocycles. The van der Waals surface area contributed by atoms with Gasteiger partial charge in [-0.15, -0.1) is 0 Å². The van der Waals surface area contributed by atoms with Crippen LogP contribution in [0.3, 0.4) is 0 Å². The number of nitrogens with zero attached hydrogens (tertiary/aromatic N) is 6. The van der Waals surface area contributed by atoms with E-state index < -0.39 is 0 Å². The van der Waals surface area contributed by atoms with Crippen molar-refractivity contribution < 1.29 is 14.3 Å². The van der Waals surface area contributed by atoms with Crippen molar-refractivity contribution in [1.29, 1.82) is 0 Å². The third kappa shape index (κ3) is 4.36. The molecule has 0 aliphatic carbocycles. The molecule has 0 saturated heterocycles. The van der Waals surface area contributed by atoms with Gasteiger partial charge in [-0.2, -0.15) is 14.9 Å². The first-order chi connectivity index (χ1) is 17.4. The Morgan fingerprint density at radius 3 is 2.58 bits per heavy atom. The van der Waals surface area contributed by atoms with E-state index in [0.717, 1.165) is 11.3 Å². The van der Waals surface area contributed by atoms with Crippen molar-refractivity contribution in [3.05, 3.63) is 77.9 Å². The molecular formula is C26H25N7O3. The highest BCUT2D eigenvalue weighted by Gasteiger charge is 2.18. The number of hydrogen-bond acceptors (Lipinski definition) is 7. The van der Waals surface area contributed by atoms with Gasteiger partial charge < -0.3 is 14.8 Å². The van der Waals surface area contributed by atoms with Crippen molar-refractivity contribution >= 4 is 22.8 Å². The van der Waals surface area contributed by atoms with Crippen LogP contribution in [0.2, 0.25) is 0 Å². The summed E-state index contributed by atoms with van der Waals surface area (Å²) in [6.45, 7) is 5.73.